The second-order valence-corrected chi connectivity index (χ2v) is 5.90. The predicted octanol–water partition coefficient (Wildman–Crippen LogP) is 2.67. The number of methoxy groups -OCH3 is 1. The molecular weight excluding hydrogens is 264 g/mol. The smallest absolute Gasteiger partial charge is 0.322 e. The largest absolute Gasteiger partial charge is 0.468 e. The number of carbonyl (C=O) groups excluding carboxylic acids is 1. The number of esters is 1. The van der Waals surface area contributed by atoms with E-state index in [1.165, 1.54) is 23.9 Å². The van der Waals surface area contributed by atoms with Crippen molar-refractivity contribution in [3.05, 3.63) is 29.3 Å². The highest BCUT2D eigenvalue weighted by Gasteiger charge is 2.20. The zero-order chi connectivity index (χ0) is 16.0. The molecular formula is C17H28N2O2. The Bertz CT molecular complexity index is 472. The van der Waals surface area contributed by atoms with Crippen molar-refractivity contribution in [1.29, 1.82) is 0 Å². The van der Waals surface area contributed by atoms with Gasteiger partial charge in [0.2, 0.25) is 0 Å². The molecule has 0 aromatic heterocycles. The van der Waals surface area contributed by atoms with Gasteiger partial charge < -0.3 is 15.0 Å². The normalized spacial score (nSPS) is 12.3. The molecule has 1 aromatic carbocycles. The number of nitrogens with one attached hydrogen (secondary N) is 1. The van der Waals surface area contributed by atoms with Crippen LogP contribution in [0.4, 0.5) is 5.69 Å². The van der Waals surface area contributed by atoms with Crippen molar-refractivity contribution in [2.24, 2.45) is 0 Å². The van der Waals surface area contributed by atoms with Crippen LogP contribution in [0.15, 0.2) is 18.2 Å². The monoisotopic (exact) mass is 292 g/mol. The summed E-state index contributed by atoms with van der Waals surface area (Å²) >= 11 is 0. The van der Waals surface area contributed by atoms with E-state index in [-0.39, 0.29) is 18.1 Å². The molecule has 1 atom stereocenters. The van der Waals surface area contributed by atoms with Crippen LogP contribution < -0.4 is 10.2 Å². The lowest BCUT2D eigenvalue weighted by Gasteiger charge is -2.25. The van der Waals surface area contributed by atoms with Crippen molar-refractivity contribution in [2.45, 2.75) is 46.2 Å². The van der Waals surface area contributed by atoms with E-state index in [9.17, 15) is 4.79 Å². The summed E-state index contributed by atoms with van der Waals surface area (Å²) in [7, 11) is 3.49. The molecule has 118 valence electrons. The van der Waals surface area contributed by atoms with Crippen molar-refractivity contribution >= 4 is 11.7 Å². The van der Waals surface area contributed by atoms with Crippen LogP contribution in [-0.4, -0.2) is 38.8 Å². The molecule has 4 heteroatoms. The minimum absolute atomic E-state index is 0.197. The van der Waals surface area contributed by atoms with Crippen LogP contribution in [0.25, 0.3) is 0 Å². The van der Waals surface area contributed by atoms with Crippen LogP contribution >= 0.6 is 0 Å². The average Bonchev–Trinajstić information content (AvgIpc) is 2.41. The van der Waals surface area contributed by atoms with Gasteiger partial charge in [-0.15, -0.1) is 0 Å². The first-order chi connectivity index (χ1) is 9.85. The quantitative estimate of drug-likeness (QED) is 0.785. The number of hydrogen-bond acceptors (Lipinski definition) is 4. The third-order valence-electron chi connectivity index (χ3n) is 3.54. The number of carbonyl (C=O) groups is 1. The maximum Gasteiger partial charge on any atom is 0.322 e. The predicted molar refractivity (Wildman–Crippen MR) is 87.9 cm³/mol. The van der Waals surface area contributed by atoms with Gasteiger partial charge in [-0.05, 0) is 31.9 Å². The first kappa shape index (κ1) is 17.5. The van der Waals surface area contributed by atoms with E-state index in [2.05, 4.69) is 49.3 Å². The van der Waals surface area contributed by atoms with E-state index in [1.807, 2.05) is 13.8 Å². The molecule has 1 N–H and O–H groups in total. The van der Waals surface area contributed by atoms with Gasteiger partial charge in [0.15, 0.2) is 0 Å². The molecule has 0 aliphatic rings. The van der Waals surface area contributed by atoms with Gasteiger partial charge in [-0.3, -0.25) is 4.79 Å². The van der Waals surface area contributed by atoms with E-state index < -0.39 is 0 Å². The fourth-order valence-electron chi connectivity index (χ4n) is 2.49. The summed E-state index contributed by atoms with van der Waals surface area (Å²) in [5.74, 6) is -0.197. The summed E-state index contributed by atoms with van der Waals surface area (Å²) in [5.41, 5.74) is 3.72. The highest BCUT2D eigenvalue weighted by molar-refractivity contribution is 5.75. The van der Waals surface area contributed by atoms with Crippen LogP contribution in [0, 0.1) is 13.8 Å². The Morgan fingerprint density at radius 2 is 2.00 bits per heavy atom. The molecule has 0 aliphatic heterocycles. The van der Waals surface area contributed by atoms with Crippen LogP contribution in [0.1, 0.15) is 31.4 Å². The van der Waals surface area contributed by atoms with Gasteiger partial charge in [-0.2, -0.15) is 0 Å². The molecule has 1 rings (SSSR count). The van der Waals surface area contributed by atoms with Crippen molar-refractivity contribution in [3.63, 3.8) is 0 Å². The lowest BCUT2D eigenvalue weighted by atomic mass is 10.1. The van der Waals surface area contributed by atoms with Crippen LogP contribution in [0.5, 0.6) is 0 Å². The Morgan fingerprint density at radius 1 is 1.33 bits per heavy atom. The molecule has 0 spiro atoms. The number of aryl methyl sites for hydroxylation is 2. The van der Waals surface area contributed by atoms with Crippen molar-refractivity contribution in [1.82, 2.24) is 5.32 Å². The summed E-state index contributed by atoms with van der Waals surface area (Å²) in [6, 6.07) is 6.41. The molecule has 0 heterocycles. The third-order valence-corrected chi connectivity index (χ3v) is 3.54. The molecule has 0 amide bonds. The number of anilines is 1. The second kappa shape index (κ2) is 8.03. The first-order valence-corrected chi connectivity index (χ1v) is 7.47. The SMILES string of the molecule is COC(=O)C(CCN(C)c1ccc(C)cc1C)NC(C)C. The van der Waals surface area contributed by atoms with Gasteiger partial charge in [0.05, 0.1) is 7.11 Å². The summed E-state index contributed by atoms with van der Waals surface area (Å²) in [6.07, 6.45) is 0.717. The summed E-state index contributed by atoms with van der Waals surface area (Å²) in [5, 5.41) is 3.26. The molecule has 4 nitrogen and oxygen atoms in total. The van der Waals surface area contributed by atoms with Crippen LogP contribution in [0.3, 0.4) is 0 Å². The van der Waals surface area contributed by atoms with Crippen molar-refractivity contribution in [2.75, 3.05) is 25.6 Å². The van der Waals surface area contributed by atoms with Gasteiger partial charge in [-0.1, -0.05) is 31.5 Å². The van der Waals surface area contributed by atoms with E-state index in [0.29, 0.717) is 6.42 Å². The highest BCUT2D eigenvalue weighted by Crippen LogP contribution is 2.20. The second-order valence-electron chi connectivity index (χ2n) is 5.90. The number of benzene rings is 1. The summed E-state index contributed by atoms with van der Waals surface area (Å²) in [4.78, 5) is 14.0. The molecule has 1 unspecified atom stereocenters. The average molecular weight is 292 g/mol. The zero-order valence-corrected chi connectivity index (χ0v) is 14.1. The van der Waals surface area contributed by atoms with Gasteiger partial charge >= 0.3 is 5.97 Å². The summed E-state index contributed by atoms with van der Waals surface area (Å²) in [6.45, 7) is 9.07. The molecule has 21 heavy (non-hydrogen) atoms. The third kappa shape index (κ3) is 5.38. The topological polar surface area (TPSA) is 41.6 Å². The molecule has 0 aliphatic carbocycles. The maximum atomic E-state index is 11.8. The molecule has 0 bridgehead atoms. The molecule has 0 saturated heterocycles. The fraction of sp³-hybridized carbons (Fsp3) is 0.588. The number of rotatable bonds is 7. The first-order valence-electron chi connectivity index (χ1n) is 7.47. The molecule has 0 radical (unpaired) electrons. The van der Waals surface area contributed by atoms with E-state index in [0.717, 1.165) is 6.54 Å². The van der Waals surface area contributed by atoms with Gasteiger partial charge in [0.1, 0.15) is 6.04 Å². The van der Waals surface area contributed by atoms with Gasteiger partial charge in [-0.25, -0.2) is 0 Å². The Hall–Kier alpha value is -1.55. The Morgan fingerprint density at radius 3 is 2.52 bits per heavy atom. The molecule has 0 fully saturated rings. The summed E-state index contributed by atoms with van der Waals surface area (Å²) < 4.78 is 4.87. The van der Waals surface area contributed by atoms with Gasteiger partial charge in [0.25, 0.3) is 0 Å². The van der Waals surface area contributed by atoms with E-state index in [1.54, 1.807) is 0 Å². The van der Waals surface area contributed by atoms with Gasteiger partial charge in [0, 0.05) is 25.3 Å². The lowest BCUT2D eigenvalue weighted by molar-refractivity contribution is -0.143. The van der Waals surface area contributed by atoms with Crippen LogP contribution in [0.2, 0.25) is 0 Å². The lowest BCUT2D eigenvalue weighted by Crippen LogP contribution is -2.43. The van der Waals surface area contributed by atoms with Crippen LogP contribution in [-0.2, 0) is 9.53 Å². The fourth-order valence-corrected chi connectivity index (χ4v) is 2.49. The standard InChI is InChI=1S/C17H28N2O2/c1-12(2)18-15(17(20)21-6)9-10-19(5)16-8-7-13(3)11-14(16)4/h7-8,11-12,15,18H,9-10H2,1-6H3. The number of hydrogen-bond donors (Lipinski definition) is 1. The maximum absolute atomic E-state index is 11.8. The van der Waals surface area contributed by atoms with E-state index in [4.69, 9.17) is 4.74 Å². The Balaban J connectivity index is 2.68. The number of nitrogens with zero attached hydrogens (tertiary/aromatic N) is 1. The molecule has 1 aromatic rings. The highest BCUT2D eigenvalue weighted by atomic mass is 16.5. The minimum atomic E-state index is -0.261. The number of ether oxygens (including phenoxy) is 1. The Kier molecular flexibility index (Phi) is 6.69. The Labute approximate surface area is 128 Å². The zero-order valence-electron chi connectivity index (χ0n) is 14.1. The van der Waals surface area contributed by atoms with Crippen molar-refractivity contribution in [3.8, 4) is 0 Å². The minimum Gasteiger partial charge on any atom is -0.468 e. The van der Waals surface area contributed by atoms with E-state index >= 15 is 0 Å². The van der Waals surface area contributed by atoms with Crippen molar-refractivity contribution < 1.29 is 9.53 Å². The molecule has 0 saturated carbocycles.